The topological polar surface area (TPSA) is 48.1 Å². The number of para-hydroxylation sites is 1. The van der Waals surface area contributed by atoms with Crippen LogP contribution in [0, 0.1) is 5.82 Å². The molecule has 27 heavy (non-hydrogen) atoms. The van der Waals surface area contributed by atoms with Crippen LogP contribution in [0.15, 0.2) is 54.7 Å². The van der Waals surface area contributed by atoms with Crippen molar-refractivity contribution in [2.24, 2.45) is 0 Å². The van der Waals surface area contributed by atoms with Gasteiger partial charge in [-0.05, 0) is 56.0 Å². The summed E-state index contributed by atoms with van der Waals surface area (Å²) >= 11 is 0. The highest BCUT2D eigenvalue weighted by Crippen LogP contribution is 2.21. The molecule has 0 aliphatic heterocycles. The maximum absolute atomic E-state index is 13.1. The van der Waals surface area contributed by atoms with Crippen molar-refractivity contribution < 1.29 is 9.18 Å². The average Bonchev–Trinajstić information content (AvgIpc) is 3.09. The molecule has 3 aromatic rings. The van der Waals surface area contributed by atoms with E-state index in [4.69, 9.17) is 0 Å². The molecule has 0 aliphatic rings. The smallest absolute Gasteiger partial charge is 0.317 e. The number of aryl methyl sites for hydroxylation is 1. The number of fused-ring (bicyclic) bond motifs is 1. The summed E-state index contributed by atoms with van der Waals surface area (Å²) in [6.45, 7) is 5.12. The molecule has 0 saturated carbocycles. The normalized spacial score (nSPS) is 12.1. The summed E-state index contributed by atoms with van der Waals surface area (Å²) in [5.41, 5.74) is 3.33. The minimum atomic E-state index is -0.268. The Morgan fingerprint density at radius 1 is 1.19 bits per heavy atom. The van der Waals surface area contributed by atoms with Crippen LogP contribution in [0.1, 0.15) is 37.4 Å². The molecule has 2 aromatic carbocycles. The first kappa shape index (κ1) is 19.0. The van der Waals surface area contributed by atoms with Gasteiger partial charge in [0.2, 0.25) is 0 Å². The van der Waals surface area contributed by atoms with Crippen LogP contribution in [0.3, 0.4) is 0 Å². The second-order valence-corrected chi connectivity index (χ2v) is 6.71. The van der Waals surface area contributed by atoms with Crippen LogP contribution in [-0.2, 0) is 6.42 Å². The van der Waals surface area contributed by atoms with E-state index in [0.29, 0.717) is 13.1 Å². The third kappa shape index (κ3) is 4.48. The third-order valence-electron chi connectivity index (χ3n) is 5.00. The number of amides is 2. The summed E-state index contributed by atoms with van der Waals surface area (Å²) in [6, 6.07) is 14.4. The van der Waals surface area contributed by atoms with Gasteiger partial charge in [0.15, 0.2) is 0 Å². The fraction of sp³-hybridized carbons (Fsp3) is 0.318. The first-order valence-corrected chi connectivity index (χ1v) is 9.45. The van der Waals surface area contributed by atoms with E-state index in [1.807, 2.05) is 32.2 Å². The fourth-order valence-corrected chi connectivity index (χ4v) is 3.43. The quantitative estimate of drug-likeness (QED) is 0.565. The Labute approximate surface area is 159 Å². The Balaban J connectivity index is 1.52. The minimum Gasteiger partial charge on any atom is -0.361 e. The van der Waals surface area contributed by atoms with E-state index >= 15 is 0 Å². The molecule has 1 heterocycles. The molecule has 3 rings (SSSR count). The van der Waals surface area contributed by atoms with E-state index in [1.54, 1.807) is 17.0 Å². The number of nitrogens with zero attached hydrogens (tertiary/aromatic N) is 1. The zero-order valence-electron chi connectivity index (χ0n) is 15.8. The number of carbonyl (C=O) groups is 1. The molecule has 0 aliphatic carbocycles. The van der Waals surface area contributed by atoms with E-state index in [0.717, 1.165) is 23.9 Å². The number of halogens is 1. The number of urea groups is 1. The predicted octanol–water partition coefficient (Wildman–Crippen LogP) is 5.03. The number of rotatable bonds is 7. The third-order valence-corrected chi connectivity index (χ3v) is 5.00. The van der Waals surface area contributed by atoms with Crippen molar-refractivity contribution in [2.75, 3.05) is 13.1 Å². The monoisotopic (exact) mass is 367 g/mol. The van der Waals surface area contributed by atoms with Gasteiger partial charge in [0.25, 0.3) is 0 Å². The van der Waals surface area contributed by atoms with Gasteiger partial charge >= 0.3 is 6.03 Å². The first-order chi connectivity index (χ1) is 13.1. The number of H-pyrrole nitrogens is 1. The van der Waals surface area contributed by atoms with Gasteiger partial charge in [-0.1, -0.05) is 30.3 Å². The lowest BCUT2D eigenvalue weighted by Gasteiger charge is -2.28. The number of carbonyl (C=O) groups excluding carboxylic acids is 1. The van der Waals surface area contributed by atoms with Crippen molar-refractivity contribution >= 4 is 16.9 Å². The van der Waals surface area contributed by atoms with Crippen LogP contribution in [0.25, 0.3) is 10.9 Å². The van der Waals surface area contributed by atoms with Gasteiger partial charge in [-0.25, -0.2) is 9.18 Å². The predicted molar refractivity (Wildman–Crippen MR) is 107 cm³/mol. The molecule has 0 saturated heterocycles. The first-order valence-electron chi connectivity index (χ1n) is 9.45. The second kappa shape index (κ2) is 8.71. The Bertz CT molecular complexity index is 888. The van der Waals surface area contributed by atoms with Crippen LogP contribution >= 0.6 is 0 Å². The van der Waals surface area contributed by atoms with E-state index in [1.165, 1.54) is 23.1 Å². The standard InChI is InChI=1S/C22H26FN3O/c1-3-26(16(2)17-10-12-19(23)13-11-17)22(27)24-14-6-7-18-15-25-21-9-5-4-8-20(18)21/h4-5,8-13,15-16,25H,3,6-7,14H2,1-2H3,(H,24,27). The summed E-state index contributed by atoms with van der Waals surface area (Å²) in [4.78, 5) is 17.6. The Morgan fingerprint density at radius 2 is 1.93 bits per heavy atom. The molecule has 4 nitrogen and oxygen atoms in total. The molecule has 0 bridgehead atoms. The van der Waals surface area contributed by atoms with Gasteiger partial charge < -0.3 is 15.2 Å². The molecule has 1 aromatic heterocycles. The fourth-order valence-electron chi connectivity index (χ4n) is 3.43. The van der Waals surface area contributed by atoms with Crippen LogP contribution < -0.4 is 5.32 Å². The number of hydrogen-bond donors (Lipinski definition) is 2. The lowest BCUT2D eigenvalue weighted by atomic mass is 10.1. The van der Waals surface area contributed by atoms with E-state index in [9.17, 15) is 9.18 Å². The summed E-state index contributed by atoms with van der Waals surface area (Å²) in [6.07, 6.45) is 3.82. The van der Waals surface area contributed by atoms with Gasteiger partial charge in [0, 0.05) is 30.2 Å². The van der Waals surface area contributed by atoms with Crippen LogP contribution in [0.5, 0.6) is 0 Å². The number of hydrogen-bond acceptors (Lipinski definition) is 1. The zero-order valence-corrected chi connectivity index (χ0v) is 15.8. The van der Waals surface area contributed by atoms with Crippen molar-refractivity contribution in [1.29, 1.82) is 0 Å². The lowest BCUT2D eigenvalue weighted by molar-refractivity contribution is 0.183. The molecular formula is C22H26FN3O. The van der Waals surface area contributed by atoms with E-state index < -0.39 is 0 Å². The Morgan fingerprint density at radius 3 is 2.67 bits per heavy atom. The van der Waals surface area contributed by atoms with Gasteiger partial charge in [0.1, 0.15) is 5.82 Å². The van der Waals surface area contributed by atoms with Crippen molar-refractivity contribution in [3.8, 4) is 0 Å². The molecule has 0 spiro atoms. The van der Waals surface area contributed by atoms with Crippen molar-refractivity contribution in [3.63, 3.8) is 0 Å². The second-order valence-electron chi connectivity index (χ2n) is 6.71. The zero-order chi connectivity index (χ0) is 19.2. The molecule has 142 valence electrons. The number of aromatic nitrogens is 1. The number of aromatic amines is 1. The Hall–Kier alpha value is -2.82. The van der Waals surface area contributed by atoms with Gasteiger partial charge in [-0.2, -0.15) is 0 Å². The maximum Gasteiger partial charge on any atom is 0.317 e. The SMILES string of the molecule is CCN(C(=O)NCCCc1c[nH]c2ccccc12)C(C)c1ccc(F)cc1. The Kier molecular flexibility index (Phi) is 6.12. The van der Waals surface area contributed by atoms with Crippen LogP contribution in [-0.4, -0.2) is 29.0 Å². The van der Waals surface area contributed by atoms with Crippen LogP contribution in [0.2, 0.25) is 0 Å². The number of nitrogens with one attached hydrogen (secondary N) is 2. The van der Waals surface area contributed by atoms with Crippen molar-refractivity contribution in [1.82, 2.24) is 15.2 Å². The van der Waals surface area contributed by atoms with Gasteiger partial charge in [-0.3, -0.25) is 0 Å². The average molecular weight is 367 g/mol. The lowest BCUT2D eigenvalue weighted by Crippen LogP contribution is -2.41. The highest BCUT2D eigenvalue weighted by Gasteiger charge is 2.19. The molecular weight excluding hydrogens is 341 g/mol. The molecule has 0 fully saturated rings. The van der Waals surface area contributed by atoms with Crippen LogP contribution in [0.4, 0.5) is 9.18 Å². The molecule has 5 heteroatoms. The highest BCUT2D eigenvalue weighted by atomic mass is 19.1. The van der Waals surface area contributed by atoms with Gasteiger partial charge in [0.05, 0.1) is 6.04 Å². The maximum atomic E-state index is 13.1. The molecule has 1 unspecified atom stereocenters. The summed E-state index contributed by atoms with van der Waals surface area (Å²) in [7, 11) is 0. The molecule has 2 N–H and O–H groups in total. The van der Waals surface area contributed by atoms with E-state index in [2.05, 4.69) is 22.4 Å². The summed E-state index contributed by atoms with van der Waals surface area (Å²) < 4.78 is 13.1. The molecule has 2 amide bonds. The highest BCUT2D eigenvalue weighted by molar-refractivity contribution is 5.83. The van der Waals surface area contributed by atoms with Crippen molar-refractivity contribution in [3.05, 3.63) is 71.7 Å². The molecule has 1 atom stereocenters. The largest absolute Gasteiger partial charge is 0.361 e. The van der Waals surface area contributed by atoms with Gasteiger partial charge in [-0.15, -0.1) is 0 Å². The summed E-state index contributed by atoms with van der Waals surface area (Å²) in [5.74, 6) is -0.268. The summed E-state index contributed by atoms with van der Waals surface area (Å²) in [5, 5.41) is 4.25. The van der Waals surface area contributed by atoms with E-state index in [-0.39, 0.29) is 17.9 Å². The van der Waals surface area contributed by atoms with Crippen molar-refractivity contribution in [2.45, 2.75) is 32.7 Å². The number of benzene rings is 2. The molecule has 0 radical (unpaired) electrons. The minimum absolute atomic E-state index is 0.0896.